The van der Waals surface area contributed by atoms with Crippen molar-refractivity contribution in [2.75, 3.05) is 0 Å². The summed E-state index contributed by atoms with van der Waals surface area (Å²) in [6.07, 6.45) is 0. The van der Waals surface area contributed by atoms with Gasteiger partial charge in [0.2, 0.25) is 0 Å². The molecule has 0 heterocycles. The summed E-state index contributed by atoms with van der Waals surface area (Å²) in [6, 6.07) is 28.1. The van der Waals surface area contributed by atoms with Gasteiger partial charge in [0, 0.05) is 15.9 Å². The Morgan fingerprint density at radius 3 is 1.57 bits per heavy atom. The molecule has 0 amide bonds. The molecule has 116 valence electrons. The molecule has 0 aliphatic heterocycles. The number of benzene rings is 3. The van der Waals surface area contributed by atoms with Crippen LogP contribution in [0.2, 0.25) is 0 Å². The molecule has 0 aliphatic carbocycles. The average molecular weight is 357 g/mol. The van der Waals surface area contributed by atoms with Crippen LogP contribution in [0.4, 0.5) is 0 Å². The third-order valence-electron chi connectivity index (χ3n) is 3.70. The first-order valence-corrected chi connectivity index (χ1v) is 11.4. The van der Waals surface area contributed by atoms with Crippen LogP contribution in [0.5, 0.6) is 5.75 Å². The van der Waals surface area contributed by atoms with Crippen molar-refractivity contribution in [3.05, 3.63) is 84.9 Å². The minimum absolute atomic E-state index is 0.263. The highest BCUT2D eigenvalue weighted by atomic mass is 32.7. The molecule has 1 atom stereocenters. The second kappa shape index (κ2) is 7.36. The molecule has 0 spiro atoms. The van der Waals surface area contributed by atoms with Crippen molar-refractivity contribution in [1.82, 2.24) is 0 Å². The van der Waals surface area contributed by atoms with Gasteiger partial charge in [0.15, 0.2) is 0 Å². The van der Waals surface area contributed by atoms with Crippen LogP contribution in [0, 0.1) is 0 Å². The molecule has 5 heteroatoms. The fraction of sp³-hybridized carbons (Fsp3) is 0. The molecule has 23 heavy (non-hydrogen) atoms. The molecule has 0 radical (unpaired) electrons. The van der Waals surface area contributed by atoms with Crippen molar-refractivity contribution >= 4 is 43.1 Å². The van der Waals surface area contributed by atoms with Gasteiger partial charge >= 0.3 is 0 Å². The Hall–Kier alpha value is -1.53. The second-order valence-electron chi connectivity index (χ2n) is 5.04. The lowest BCUT2D eigenvalue weighted by Gasteiger charge is -2.25. The first-order chi connectivity index (χ1) is 11.3. The van der Waals surface area contributed by atoms with E-state index in [0.29, 0.717) is 0 Å². The van der Waals surface area contributed by atoms with Gasteiger partial charge in [-0.1, -0.05) is 60.7 Å². The van der Waals surface area contributed by atoms with Crippen molar-refractivity contribution in [2.45, 2.75) is 0 Å². The van der Waals surface area contributed by atoms with Gasteiger partial charge in [0.25, 0.3) is 0 Å². The monoisotopic (exact) mass is 357 g/mol. The lowest BCUT2D eigenvalue weighted by molar-refractivity contribution is 0.475. The standard InChI is InChI=1S/C18H17NOP2S/c20-15-11-13-18(14-12-15)22(19-21-23,16-7-3-1-4-8-16)17-9-5-2-6-10-17/h1-14,20H,21H2. The van der Waals surface area contributed by atoms with Gasteiger partial charge < -0.3 is 17.4 Å². The van der Waals surface area contributed by atoms with Crippen LogP contribution in [0.15, 0.2) is 89.4 Å². The Kier molecular flexibility index (Phi) is 5.23. The fourth-order valence-electron chi connectivity index (χ4n) is 2.67. The number of phenolic OH excluding ortho intramolecular Hbond substituents is 1. The van der Waals surface area contributed by atoms with E-state index in [4.69, 9.17) is 16.8 Å². The van der Waals surface area contributed by atoms with E-state index >= 15 is 0 Å². The summed E-state index contributed by atoms with van der Waals surface area (Å²) in [7, 11) is -2.56. The molecular formula is C18H17NOP2S. The van der Waals surface area contributed by atoms with Crippen LogP contribution < -0.4 is 15.9 Å². The van der Waals surface area contributed by atoms with Crippen LogP contribution in [-0.2, 0) is 12.2 Å². The Bertz CT molecular complexity index is 777. The predicted octanol–water partition coefficient (Wildman–Crippen LogP) is 3.66. The Balaban J connectivity index is 2.37. The van der Waals surface area contributed by atoms with E-state index in [1.165, 1.54) is 10.6 Å². The van der Waals surface area contributed by atoms with Crippen molar-refractivity contribution < 1.29 is 5.11 Å². The number of aromatic hydroxyl groups is 1. The van der Waals surface area contributed by atoms with E-state index in [2.05, 4.69) is 24.3 Å². The Labute approximate surface area is 143 Å². The summed E-state index contributed by atoms with van der Waals surface area (Å²) in [4.78, 5) is 0. The van der Waals surface area contributed by atoms with Gasteiger partial charge in [0.1, 0.15) is 5.75 Å². The summed E-state index contributed by atoms with van der Waals surface area (Å²) < 4.78 is 5.02. The molecule has 1 N–H and O–H groups in total. The molecule has 3 rings (SSSR count). The highest BCUT2D eigenvalue weighted by Crippen LogP contribution is 2.49. The molecule has 0 saturated heterocycles. The number of rotatable bonds is 4. The highest BCUT2D eigenvalue weighted by Gasteiger charge is 2.28. The first kappa shape index (κ1) is 16.3. The molecule has 0 saturated carbocycles. The van der Waals surface area contributed by atoms with Gasteiger partial charge in [0.05, 0.1) is 7.05 Å². The van der Waals surface area contributed by atoms with Crippen molar-refractivity contribution in [3.8, 4) is 5.75 Å². The van der Waals surface area contributed by atoms with Crippen LogP contribution in [0.1, 0.15) is 0 Å². The molecule has 0 fully saturated rings. The lowest BCUT2D eigenvalue weighted by atomic mass is 10.3. The third-order valence-corrected chi connectivity index (χ3v) is 9.45. The molecule has 0 aromatic heterocycles. The summed E-state index contributed by atoms with van der Waals surface area (Å²) >= 11 is 5.32. The summed E-state index contributed by atoms with van der Waals surface area (Å²) in [5, 5.41) is 13.2. The van der Waals surface area contributed by atoms with Gasteiger partial charge in [-0.3, -0.25) is 0 Å². The van der Waals surface area contributed by atoms with Crippen LogP contribution in [0.3, 0.4) is 0 Å². The van der Waals surface area contributed by atoms with E-state index in [1.807, 2.05) is 48.5 Å². The second-order valence-corrected chi connectivity index (χ2v) is 9.63. The molecule has 0 aliphatic rings. The molecule has 0 bridgehead atoms. The van der Waals surface area contributed by atoms with Gasteiger partial charge in [-0.25, -0.2) is 0 Å². The first-order valence-electron chi connectivity index (χ1n) is 7.23. The molecule has 1 unspecified atom stereocenters. The number of nitrogens with zero attached hydrogens (tertiary/aromatic N) is 1. The van der Waals surface area contributed by atoms with Crippen molar-refractivity contribution in [1.29, 1.82) is 0 Å². The maximum absolute atomic E-state index is 9.66. The summed E-state index contributed by atoms with van der Waals surface area (Å²) in [5.74, 6) is 0.263. The van der Waals surface area contributed by atoms with Gasteiger partial charge in [-0.15, -0.1) is 0 Å². The Morgan fingerprint density at radius 1 is 0.696 bits per heavy atom. The topological polar surface area (TPSA) is 32.6 Å². The minimum atomic E-state index is -2.13. The fourth-order valence-corrected chi connectivity index (χ4v) is 8.79. The van der Waals surface area contributed by atoms with E-state index in [1.54, 1.807) is 12.1 Å². The van der Waals surface area contributed by atoms with E-state index in [9.17, 15) is 5.11 Å². The zero-order valence-electron chi connectivity index (χ0n) is 12.4. The number of hydrogen-bond donors (Lipinski definition) is 1. The molecule has 3 aromatic rings. The molecular weight excluding hydrogens is 340 g/mol. The summed E-state index contributed by atoms with van der Waals surface area (Å²) in [5.41, 5.74) is 0. The predicted molar refractivity (Wildman–Crippen MR) is 106 cm³/mol. The zero-order valence-corrected chi connectivity index (χ0v) is 15.3. The largest absolute Gasteiger partial charge is 0.535 e. The molecule has 2 nitrogen and oxygen atoms in total. The van der Waals surface area contributed by atoms with E-state index in [-0.39, 0.29) is 5.75 Å². The van der Waals surface area contributed by atoms with Crippen LogP contribution in [0.25, 0.3) is 0 Å². The number of phenols is 1. The maximum atomic E-state index is 9.66. The van der Waals surface area contributed by atoms with E-state index < -0.39 is 15.0 Å². The highest BCUT2D eigenvalue weighted by molar-refractivity contribution is 8.25. The summed E-state index contributed by atoms with van der Waals surface area (Å²) in [6.45, 7) is 0. The smallest absolute Gasteiger partial charge is 0.115 e. The minimum Gasteiger partial charge on any atom is -0.535 e. The quantitative estimate of drug-likeness (QED) is 0.571. The zero-order chi connectivity index (χ0) is 16.1. The van der Waals surface area contributed by atoms with Crippen LogP contribution in [-0.4, -0.2) is 5.11 Å². The average Bonchev–Trinajstić information content (AvgIpc) is 2.62. The van der Waals surface area contributed by atoms with Crippen molar-refractivity contribution in [3.63, 3.8) is 0 Å². The van der Waals surface area contributed by atoms with E-state index in [0.717, 1.165) is 5.30 Å². The Morgan fingerprint density at radius 2 is 1.13 bits per heavy atom. The SMILES string of the molecule is Oc1ccc(P(=N[PH2+][S-])(c2ccccc2)c2ccccc2)cc1. The van der Waals surface area contributed by atoms with Crippen molar-refractivity contribution in [2.24, 2.45) is 4.52 Å². The molecule has 3 aromatic carbocycles. The van der Waals surface area contributed by atoms with Crippen LogP contribution >= 0.6 is 15.0 Å². The number of hydrogen-bond acceptors (Lipinski definition) is 3. The van der Waals surface area contributed by atoms with Gasteiger partial charge in [-0.05, 0) is 32.2 Å². The normalized spacial score (nSPS) is 11.7. The van der Waals surface area contributed by atoms with Gasteiger partial charge in [-0.2, -0.15) is 4.52 Å². The maximum Gasteiger partial charge on any atom is 0.115 e. The third kappa shape index (κ3) is 3.23. The lowest BCUT2D eigenvalue weighted by Crippen LogP contribution is -2.24.